The molecule has 1 fully saturated rings. The molecule has 1 saturated heterocycles. The maximum Gasteiger partial charge on any atom is 0.261 e. The Morgan fingerprint density at radius 3 is 2.33 bits per heavy atom. The van der Waals surface area contributed by atoms with Gasteiger partial charge in [-0.1, -0.05) is 28.8 Å². The second kappa shape index (κ2) is 10.5. The van der Waals surface area contributed by atoms with Crippen LogP contribution in [0.4, 0.5) is 5.69 Å². The molecule has 0 radical (unpaired) electrons. The fourth-order valence-electron chi connectivity index (χ4n) is 3.34. The molecule has 1 aliphatic rings. The number of thiocarbonyl (C=S) groups is 1. The summed E-state index contributed by atoms with van der Waals surface area (Å²) in [4.78, 5) is 27.1. The summed E-state index contributed by atoms with van der Waals surface area (Å²) < 4.78 is 5.99. The van der Waals surface area contributed by atoms with Gasteiger partial charge < -0.3 is 15.0 Å². The Kier molecular flexibility index (Phi) is 7.81. The van der Waals surface area contributed by atoms with Crippen molar-refractivity contribution in [2.45, 2.75) is 25.7 Å². The zero-order chi connectivity index (χ0) is 21.5. The summed E-state index contributed by atoms with van der Waals surface area (Å²) in [7, 11) is 1.51. The van der Waals surface area contributed by atoms with Gasteiger partial charge in [0.2, 0.25) is 0 Å². The zero-order valence-corrected chi connectivity index (χ0v) is 19.1. The lowest BCUT2D eigenvalue weighted by molar-refractivity contribution is 0.0761. The quantitative estimate of drug-likeness (QED) is 0.614. The fraction of sp³-hybridized carbons (Fsp3) is 0.318. The van der Waals surface area contributed by atoms with Crippen molar-refractivity contribution in [1.29, 1.82) is 0 Å². The zero-order valence-electron chi connectivity index (χ0n) is 16.7. The molecule has 6 nitrogen and oxygen atoms in total. The molecular weight excluding hydrogens is 466 g/mol. The number of rotatable bonds is 4. The van der Waals surface area contributed by atoms with E-state index in [1.807, 2.05) is 4.90 Å². The molecule has 0 saturated carbocycles. The number of hydrogen-bond acceptors (Lipinski definition) is 4. The van der Waals surface area contributed by atoms with Gasteiger partial charge in [0.25, 0.3) is 11.8 Å². The van der Waals surface area contributed by atoms with Crippen molar-refractivity contribution in [1.82, 2.24) is 10.2 Å². The molecular formula is C22H24BrN3O3S. The van der Waals surface area contributed by atoms with Crippen LogP contribution in [0, 0.1) is 0 Å². The van der Waals surface area contributed by atoms with E-state index in [1.54, 1.807) is 42.5 Å². The maximum absolute atomic E-state index is 12.7. The normalized spacial score (nSPS) is 13.9. The number of carbonyl (C=O) groups excluding carboxylic acids is 2. The Morgan fingerprint density at radius 1 is 1.03 bits per heavy atom. The van der Waals surface area contributed by atoms with Crippen molar-refractivity contribution in [3.63, 3.8) is 0 Å². The van der Waals surface area contributed by atoms with Crippen LogP contribution < -0.4 is 15.4 Å². The standard InChI is InChI=1S/C22H24BrN3O3S/c1-29-19-11-8-16(23)14-18(19)20(27)25-22(30)24-17-9-6-15(7-10-17)21(28)26-12-4-2-3-5-13-26/h6-11,14H,2-5,12-13H2,1H3,(H2,24,25,27,30). The van der Waals surface area contributed by atoms with E-state index in [1.165, 1.54) is 20.0 Å². The van der Waals surface area contributed by atoms with E-state index in [-0.39, 0.29) is 16.9 Å². The van der Waals surface area contributed by atoms with Gasteiger partial charge in [-0.15, -0.1) is 0 Å². The number of amides is 2. The van der Waals surface area contributed by atoms with Crippen LogP contribution in [0.25, 0.3) is 0 Å². The molecule has 2 aromatic carbocycles. The average molecular weight is 490 g/mol. The molecule has 3 rings (SSSR count). The Hall–Kier alpha value is -2.45. The van der Waals surface area contributed by atoms with E-state index in [2.05, 4.69) is 26.6 Å². The van der Waals surface area contributed by atoms with Gasteiger partial charge in [0.1, 0.15) is 5.75 Å². The number of halogens is 1. The van der Waals surface area contributed by atoms with Gasteiger partial charge in [-0.05, 0) is 67.5 Å². The maximum atomic E-state index is 12.7. The summed E-state index contributed by atoms with van der Waals surface area (Å²) in [5.41, 5.74) is 1.71. The predicted octanol–water partition coefficient (Wildman–Crippen LogP) is 4.60. The first-order valence-corrected chi connectivity index (χ1v) is 11.0. The van der Waals surface area contributed by atoms with Crippen LogP contribution in [0.15, 0.2) is 46.9 Å². The molecule has 0 aromatic heterocycles. The van der Waals surface area contributed by atoms with Gasteiger partial charge >= 0.3 is 0 Å². The van der Waals surface area contributed by atoms with E-state index in [9.17, 15) is 9.59 Å². The average Bonchev–Trinajstić information content (AvgIpc) is 3.03. The first-order chi connectivity index (χ1) is 14.5. The van der Waals surface area contributed by atoms with Gasteiger partial charge in [0.05, 0.1) is 12.7 Å². The molecule has 0 spiro atoms. The minimum atomic E-state index is -0.376. The SMILES string of the molecule is COc1ccc(Br)cc1C(=O)NC(=S)Nc1ccc(C(=O)N2CCCCCC2)cc1. The number of ether oxygens (including phenoxy) is 1. The van der Waals surface area contributed by atoms with Crippen LogP contribution in [0.5, 0.6) is 5.75 Å². The Balaban J connectivity index is 1.60. The van der Waals surface area contributed by atoms with Gasteiger partial charge in [0, 0.05) is 28.8 Å². The van der Waals surface area contributed by atoms with Crippen LogP contribution in [0.3, 0.4) is 0 Å². The lowest BCUT2D eigenvalue weighted by atomic mass is 10.1. The van der Waals surface area contributed by atoms with Crippen molar-refractivity contribution in [3.8, 4) is 5.75 Å². The highest BCUT2D eigenvalue weighted by Crippen LogP contribution is 2.23. The summed E-state index contributed by atoms with van der Waals surface area (Å²) >= 11 is 8.61. The number of nitrogens with one attached hydrogen (secondary N) is 2. The van der Waals surface area contributed by atoms with E-state index >= 15 is 0 Å². The smallest absolute Gasteiger partial charge is 0.261 e. The first-order valence-electron chi connectivity index (χ1n) is 9.83. The third kappa shape index (κ3) is 5.79. The molecule has 30 heavy (non-hydrogen) atoms. The summed E-state index contributed by atoms with van der Waals surface area (Å²) in [6, 6.07) is 12.3. The molecule has 1 heterocycles. The number of nitrogens with zero attached hydrogens (tertiary/aromatic N) is 1. The third-order valence-corrected chi connectivity index (χ3v) is 5.61. The van der Waals surface area contributed by atoms with Gasteiger partial charge in [-0.3, -0.25) is 14.9 Å². The van der Waals surface area contributed by atoms with E-state index in [0.29, 0.717) is 22.6 Å². The highest BCUT2D eigenvalue weighted by atomic mass is 79.9. The lowest BCUT2D eigenvalue weighted by Gasteiger charge is -2.20. The molecule has 8 heteroatoms. The van der Waals surface area contributed by atoms with Crippen LogP contribution >= 0.6 is 28.1 Å². The van der Waals surface area contributed by atoms with Gasteiger partial charge in [-0.25, -0.2) is 0 Å². The van der Waals surface area contributed by atoms with E-state index in [0.717, 1.165) is 30.4 Å². The monoisotopic (exact) mass is 489 g/mol. The minimum Gasteiger partial charge on any atom is -0.496 e. The molecule has 0 aliphatic carbocycles. The number of methoxy groups -OCH3 is 1. The summed E-state index contributed by atoms with van der Waals surface area (Å²) in [5, 5.41) is 5.78. The van der Waals surface area contributed by atoms with Crippen LogP contribution in [-0.4, -0.2) is 42.0 Å². The Morgan fingerprint density at radius 2 is 1.70 bits per heavy atom. The largest absolute Gasteiger partial charge is 0.496 e. The lowest BCUT2D eigenvalue weighted by Crippen LogP contribution is -2.34. The predicted molar refractivity (Wildman–Crippen MR) is 125 cm³/mol. The fourth-order valence-corrected chi connectivity index (χ4v) is 3.91. The molecule has 1 aliphatic heterocycles. The first kappa shape index (κ1) is 22.2. The van der Waals surface area contributed by atoms with Gasteiger partial charge in [0.15, 0.2) is 5.11 Å². The molecule has 2 N–H and O–H groups in total. The highest BCUT2D eigenvalue weighted by Gasteiger charge is 2.17. The van der Waals surface area contributed by atoms with Crippen molar-refractivity contribution in [2.75, 3.05) is 25.5 Å². The molecule has 158 valence electrons. The number of hydrogen-bond donors (Lipinski definition) is 2. The van der Waals surface area contributed by atoms with Gasteiger partial charge in [-0.2, -0.15) is 0 Å². The molecule has 2 amide bonds. The molecule has 0 bridgehead atoms. The van der Waals surface area contributed by atoms with Crippen LogP contribution in [-0.2, 0) is 0 Å². The van der Waals surface area contributed by atoms with Crippen molar-refractivity contribution in [2.24, 2.45) is 0 Å². The minimum absolute atomic E-state index is 0.0566. The van der Waals surface area contributed by atoms with Crippen molar-refractivity contribution in [3.05, 3.63) is 58.1 Å². The van der Waals surface area contributed by atoms with E-state index in [4.69, 9.17) is 17.0 Å². The molecule has 2 aromatic rings. The second-order valence-corrected chi connectivity index (χ2v) is 8.36. The summed E-state index contributed by atoms with van der Waals surface area (Å²) in [6.07, 6.45) is 4.48. The topological polar surface area (TPSA) is 70.7 Å². The Labute approximate surface area is 190 Å². The summed E-state index contributed by atoms with van der Waals surface area (Å²) in [6.45, 7) is 1.63. The third-order valence-electron chi connectivity index (χ3n) is 4.92. The van der Waals surface area contributed by atoms with Crippen LogP contribution in [0.1, 0.15) is 46.4 Å². The van der Waals surface area contributed by atoms with Crippen molar-refractivity contribution >= 4 is 50.8 Å². The molecule has 0 unspecified atom stereocenters. The number of anilines is 1. The van der Waals surface area contributed by atoms with E-state index < -0.39 is 0 Å². The second-order valence-electron chi connectivity index (χ2n) is 7.04. The van der Waals surface area contributed by atoms with Crippen molar-refractivity contribution < 1.29 is 14.3 Å². The van der Waals surface area contributed by atoms with Crippen LogP contribution in [0.2, 0.25) is 0 Å². The highest BCUT2D eigenvalue weighted by molar-refractivity contribution is 9.10. The number of carbonyl (C=O) groups is 2. The Bertz CT molecular complexity index is 926. The summed E-state index contributed by atoms with van der Waals surface area (Å²) in [5.74, 6) is 0.134. The number of likely N-dealkylation sites (tertiary alicyclic amines) is 1. The molecule has 0 atom stereocenters. The number of benzene rings is 2.